The average Bonchev–Trinajstić information content (AvgIpc) is 2.45. The van der Waals surface area contributed by atoms with E-state index >= 15 is 0 Å². The van der Waals surface area contributed by atoms with Crippen molar-refractivity contribution in [3.8, 4) is 0 Å². The molecule has 0 atom stereocenters. The summed E-state index contributed by atoms with van der Waals surface area (Å²) in [5, 5.41) is 3.17. The Kier molecular flexibility index (Phi) is 5.54. The zero-order chi connectivity index (χ0) is 17.9. The van der Waals surface area contributed by atoms with Gasteiger partial charge in [-0.1, -0.05) is 11.6 Å². The van der Waals surface area contributed by atoms with E-state index in [1.54, 1.807) is 4.90 Å². The van der Waals surface area contributed by atoms with Gasteiger partial charge in [0, 0.05) is 31.0 Å². The summed E-state index contributed by atoms with van der Waals surface area (Å²) in [6, 6.07) is 1.42. The summed E-state index contributed by atoms with van der Waals surface area (Å²) in [4.78, 5) is 29.8. The van der Waals surface area contributed by atoms with E-state index in [1.165, 1.54) is 12.3 Å². The van der Waals surface area contributed by atoms with Crippen LogP contribution in [-0.2, 0) is 4.74 Å². The Morgan fingerprint density at radius 1 is 1.38 bits per heavy atom. The van der Waals surface area contributed by atoms with E-state index in [4.69, 9.17) is 22.1 Å². The minimum atomic E-state index is -0.513. The van der Waals surface area contributed by atoms with Crippen molar-refractivity contribution in [2.24, 2.45) is 0 Å². The molecule has 0 saturated carbocycles. The van der Waals surface area contributed by atoms with Crippen LogP contribution in [0.3, 0.4) is 0 Å². The molecule has 1 aromatic heterocycles. The first-order valence-electron chi connectivity index (χ1n) is 7.85. The fourth-order valence-corrected chi connectivity index (χ4v) is 2.60. The van der Waals surface area contributed by atoms with Gasteiger partial charge >= 0.3 is 6.09 Å². The van der Waals surface area contributed by atoms with Crippen molar-refractivity contribution in [2.75, 3.05) is 18.8 Å². The molecule has 1 fully saturated rings. The van der Waals surface area contributed by atoms with E-state index < -0.39 is 5.60 Å². The average molecular weight is 355 g/mol. The van der Waals surface area contributed by atoms with Gasteiger partial charge in [-0.3, -0.25) is 4.79 Å². The third-order valence-electron chi connectivity index (χ3n) is 3.63. The van der Waals surface area contributed by atoms with Crippen molar-refractivity contribution in [3.63, 3.8) is 0 Å². The highest BCUT2D eigenvalue weighted by atomic mass is 35.5. The number of likely N-dealkylation sites (tertiary alicyclic amines) is 1. The van der Waals surface area contributed by atoms with Crippen LogP contribution in [0.1, 0.15) is 44.0 Å². The molecule has 24 heavy (non-hydrogen) atoms. The number of nitrogen functional groups attached to an aromatic ring is 1. The number of piperidine rings is 1. The number of aromatic nitrogens is 1. The molecule has 0 aromatic carbocycles. The molecule has 0 spiro atoms. The van der Waals surface area contributed by atoms with Gasteiger partial charge < -0.3 is 20.7 Å². The standard InChI is InChI=1S/C16H23ClN4O3/c1-16(2,3)24-15(23)21-6-4-10(5-7-21)20-14(22)11-9-19-13(17)8-12(11)18/h8-10H,4-7H2,1-3H3,(H2,18,19)(H,20,22). The molecule has 8 heteroatoms. The molecule has 7 nitrogen and oxygen atoms in total. The molecule has 2 amide bonds. The van der Waals surface area contributed by atoms with Crippen LogP contribution in [0.25, 0.3) is 0 Å². The summed E-state index contributed by atoms with van der Waals surface area (Å²) >= 11 is 5.73. The van der Waals surface area contributed by atoms with Crippen LogP contribution in [0.4, 0.5) is 10.5 Å². The number of rotatable bonds is 2. The minimum Gasteiger partial charge on any atom is -0.444 e. The van der Waals surface area contributed by atoms with Gasteiger partial charge in [0.15, 0.2) is 0 Å². The van der Waals surface area contributed by atoms with E-state index in [2.05, 4.69) is 10.3 Å². The maximum atomic E-state index is 12.3. The number of nitrogens with two attached hydrogens (primary N) is 1. The molecule has 0 unspecified atom stereocenters. The Hall–Kier alpha value is -2.02. The monoisotopic (exact) mass is 354 g/mol. The molecule has 2 rings (SSSR count). The number of hydrogen-bond donors (Lipinski definition) is 2. The molecule has 0 radical (unpaired) electrons. The molecular formula is C16H23ClN4O3. The number of anilines is 1. The minimum absolute atomic E-state index is 0.0220. The summed E-state index contributed by atoms with van der Waals surface area (Å²) in [5.41, 5.74) is 5.87. The van der Waals surface area contributed by atoms with Gasteiger partial charge in [-0.15, -0.1) is 0 Å². The van der Waals surface area contributed by atoms with Crippen molar-refractivity contribution in [3.05, 3.63) is 23.0 Å². The van der Waals surface area contributed by atoms with E-state index in [9.17, 15) is 9.59 Å². The molecule has 3 N–H and O–H groups in total. The predicted octanol–water partition coefficient (Wildman–Crippen LogP) is 2.45. The smallest absolute Gasteiger partial charge is 0.410 e. The maximum absolute atomic E-state index is 12.3. The fraction of sp³-hybridized carbons (Fsp3) is 0.562. The number of nitrogens with one attached hydrogen (secondary N) is 1. The van der Waals surface area contributed by atoms with Crippen LogP contribution in [0.15, 0.2) is 12.3 Å². The third-order valence-corrected chi connectivity index (χ3v) is 3.84. The Morgan fingerprint density at radius 2 is 2.00 bits per heavy atom. The number of nitrogens with zero attached hydrogens (tertiary/aromatic N) is 2. The molecule has 2 heterocycles. The van der Waals surface area contributed by atoms with Crippen LogP contribution in [0.5, 0.6) is 0 Å². The predicted molar refractivity (Wildman–Crippen MR) is 92.0 cm³/mol. The number of carbonyl (C=O) groups is 2. The number of carbonyl (C=O) groups excluding carboxylic acids is 2. The lowest BCUT2D eigenvalue weighted by Gasteiger charge is -2.33. The zero-order valence-electron chi connectivity index (χ0n) is 14.1. The fourth-order valence-electron chi connectivity index (χ4n) is 2.43. The Bertz CT molecular complexity index is 622. The van der Waals surface area contributed by atoms with Crippen LogP contribution < -0.4 is 11.1 Å². The van der Waals surface area contributed by atoms with Crippen molar-refractivity contribution < 1.29 is 14.3 Å². The number of hydrogen-bond acceptors (Lipinski definition) is 5. The van der Waals surface area contributed by atoms with Gasteiger partial charge in [0.1, 0.15) is 10.8 Å². The largest absolute Gasteiger partial charge is 0.444 e. The van der Waals surface area contributed by atoms with Gasteiger partial charge in [0.2, 0.25) is 0 Å². The molecule has 1 aliphatic heterocycles. The molecule has 0 aliphatic carbocycles. The van der Waals surface area contributed by atoms with Crippen LogP contribution in [-0.4, -0.2) is 46.6 Å². The van der Waals surface area contributed by atoms with E-state index in [-0.39, 0.29) is 23.2 Å². The van der Waals surface area contributed by atoms with Crippen molar-refractivity contribution >= 4 is 29.3 Å². The number of halogens is 1. The number of pyridine rings is 1. The molecule has 0 bridgehead atoms. The van der Waals surface area contributed by atoms with Crippen LogP contribution in [0.2, 0.25) is 5.15 Å². The molecule has 1 aromatic rings. The first-order chi connectivity index (χ1) is 11.2. The summed E-state index contributed by atoms with van der Waals surface area (Å²) < 4.78 is 5.35. The summed E-state index contributed by atoms with van der Waals surface area (Å²) in [6.45, 7) is 6.58. The van der Waals surface area contributed by atoms with Gasteiger partial charge in [-0.2, -0.15) is 0 Å². The normalized spacial score (nSPS) is 15.9. The lowest BCUT2D eigenvalue weighted by Crippen LogP contribution is -2.47. The third kappa shape index (κ3) is 4.99. The van der Waals surface area contributed by atoms with Crippen molar-refractivity contribution in [1.82, 2.24) is 15.2 Å². The van der Waals surface area contributed by atoms with Gasteiger partial charge in [0.25, 0.3) is 5.91 Å². The second-order valence-corrected chi connectivity index (χ2v) is 7.20. The van der Waals surface area contributed by atoms with Gasteiger partial charge in [-0.25, -0.2) is 9.78 Å². The van der Waals surface area contributed by atoms with Crippen molar-refractivity contribution in [1.29, 1.82) is 0 Å². The SMILES string of the molecule is CC(C)(C)OC(=O)N1CCC(NC(=O)c2cnc(Cl)cc2N)CC1. The van der Waals surface area contributed by atoms with Crippen LogP contribution in [0, 0.1) is 0 Å². The zero-order valence-corrected chi connectivity index (χ0v) is 14.9. The lowest BCUT2D eigenvalue weighted by molar-refractivity contribution is 0.0199. The summed E-state index contributed by atoms with van der Waals surface area (Å²) in [7, 11) is 0. The quantitative estimate of drug-likeness (QED) is 0.795. The topological polar surface area (TPSA) is 97.5 Å². The van der Waals surface area contributed by atoms with Gasteiger partial charge in [0.05, 0.1) is 5.56 Å². The first kappa shape index (κ1) is 18.3. The summed E-state index contributed by atoms with van der Waals surface area (Å²) in [6.07, 6.45) is 2.36. The van der Waals surface area contributed by atoms with Crippen molar-refractivity contribution in [2.45, 2.75) is 45.3 Å². The van der Waals surface area contributed by atoms with Crippen LogP contribution >= 0.6 is 11.6 Å². The van der Waals surface area contributed by atoms with E-state index in [0.717, 1.165) is 0 Å². The second kappa shape index (κ2) is 7.25. The van der Waals surface area contributed by atoms with E-state index in [1.807, 2.05) is 20.8 Å². The highest BCUT2D eigenvalue weighted by Crippen LogP contribution is 2.18. The molecule has 132 valence electrons. The number of ether oxygens (including phenoxy) is 1. The summed E-state index contributed by atoms with van der Waals surface area (Å²) in [5.74, 6) is -0.285. The first-order valence-corrected chi connectivity index (χ1v) is 8.23. The molecular weight excluding hydrogens is 332 g/mol. The molecule has 1 saturated heterocycles. The van der Waals surface area contributed by atoms with Gasteiger partial charge in [-0.05, 0) is 39.7 Å². The Balaban J connectivity index is 1.86. The highest BCUT2D eigenvalue weighted by molar-refractivity contribution is 6.29. The van der Waals surface area contributed by atoms with E-state index in [0.29, 0.717) is 37.2 Å². The number of amides is 2. The lowest BCUT2D eigenvalue weighted by atomic mass is 10.0. The Morgan fingerprint density at radius 3 is 2.54 bits per heavy atom. The Labute approximate surface area is 146 Å². The highest BCUT2D eigenvalue weighted by Gasteiger charge is 2.27. The maximum Gasteiger partial charge on any atom is 0.410 e. The second-order valence-electron chi connectivity index (χ2n) is 6.81. The molecule has 1 aliphatic rings.